The molecule has 0 saturated heterocycles. The lowest BCUT2D eigenvalue weighted by molar-refractivity contribution is -0.100. The average molecular weight is 349 g/mol. The van der Waals surface area contributed by atoms with Gasteiger partial charge in [0.1, 0.15) is 11.9 Å². The van der Waals surface area contributed by atoms with E-state index in [0.29, 0.717) is 26.9 Å². The number of ether oxygens (including phenoxy) is 1. The molecule has 0 radical (unpaired) electrons. The van der Waals surface area contributed by atoms with Gasteiger partial charge in [-0.25, -0.2) is 0 Å². The van der Waals surface area contributed by atoms with Gasteiger partial charge in [-0.15, -0.1) is 0 Å². The largest absolute Gasteiger partial charge is 0.488 e. The molecule has 2 unspecified atom stereocenters. The van der Waals surface area contributed by atoms with Crippen LogP contribution in [0.15, 0.2) is 12.1 Å². The quantitative estimate of drug-likeness (QED) is 0.745. The van der Waals surface area contributed by atoms with E-state index in [-0.39, 0.29) is 11.5 Å². The highest BCUT2D eigenvalue weighted by Gasteiger charge is 2.56. The van der Waals surface area contributed by atoms with Crippen LogP contribution in [0.5, 0.6) is 5.75 Å². The summed E-state index contributed by atoms with van der Waals surface area (Å²) >= 11 is 18.3. The summed E-state index contributed by atoms with van der Waals surface area (Å²) in [5.74, 6) is 0.649. The summed E-state index contributed by atoms with van der Waals surface area (Å²) in [7, 11) is 2.05. The second-order valence-electron chi connectivity index (χ2n) is 6.17. The highest BCUT2D eigenvalue weighted by Crippen LogP contribution is 2.53. The summed E-state index contributed by atoms with van der Waals surface area (Å²) in [4.78, 5) is 0. The Balaban J connectivity index is 1.80. The number of benzene rings is 1. The Labute approximate surface area is 141 Å². The first-order valence-electron chi connectivity index (χ1n) is 7.55. The Hall–Kier alpha value is -0.150. The summed E-state index contributed by atoms with van der Waals surface area (Å²) in [6.45, 7) is 0. The minimum atomic E-state index is 0.213. The lowest BCUT2D eigenvalue weighted by atomic mass is 9.55. The maximum absolute atomic E-state index is 6.24. The van der Waals surface area contributed by atoms with Crippen molar-refractivity contribution in [3.8, 4) is 5.75 Å². The summed E-state index contributed by atoms with van der Waals surface area (Å²) in [6.07, 6.45) is 7.58. The van der Waals surface area contributed by atoms with Gasteiger partial charge in [0.25, 0.3) is 0 Å². The van der Waals surface area contributed by atoms with E-state index in [0.717, 1.165) is 6.42 Å². The first-order chi connectivity index (χ1) is 10.1. The van der Waals surface area contributed by atoms with Gasteiger partial charge in [0.15, 0.2) is 0 Å². The van der Waals surface area contributed by atoms with Crippen LogP contribution < -0.4 is 10.1 Å². The molecular formula is C16H20Cl3NO. The van der Waals surface area contributed by atoms with Crippen molar-refractivity contribution >= 4 is 34.8 Å². The van der Waals surface area contributed by atoms with E-state index in [9.17, 15) is 0 Å². The fraction of sp³-hybridized carbons (Fsp3) is 0.625. The maximum Gasteiger partial charge on any atom is 0.139 e. The van der Waals surface area contributed by atoms with Gasteiger partial charge in [-0.1, -0.05) is 54.1 Å². The SMILES string of the molecule is CNC1CC(Oc2cc(Cl)c(Cl)cc2Cl)C12CCCCC2. The summed E-state index contributed by atoms with van der Waals surface area (Å²) in [5, 5.41) is 4.93. The zero-order valence-electron chi connectivity index (χ0n) is 12.1. The molecule has 2 fully saturated rings. The number of hydrogen-bond acceptors (Lipinski definition) is 2. The lowest BCUT2D eigenvalue weighted by Crippen LogP contribution is -2.64. The number of rotatable bonds is 3. The lowest BCUT2D eigenvalue weighted by Gasteiger charge is -2.57. The van der Waals surface area contributed by atoms with E-state index < -0.39 is 0 Å². The predicted octanol–water partition coefficient (Wildman–Crippen LogP) is 5.34. The van der Waals surface area contributed by atoms with Crippen molar-refractivity contribution in [1.29, 1.82) is 0 Å². The maximum atomic E-state index is 6.24. The van der Waals surface area contributed by atoms with Crippen LogP contribution in [0.4, 0.5) is 0 Å². The van der Waals surface area contributed by atoms with Crippen LogP contribution in [-0.4, -0.2) is 19.2 Å². The Morgan fingerprint density at radius 3 is 2.38 bits per heavy atom. The normalized spacial score (nSPS) is 27.4. The molecule has 2 aliphatic rings. The van der Waals surface area contributed by atoms with E-state index in [4.69, 9.17) is 39.5 Å². The minimum Gasteiger partial charge on any atom is -0.488 e. The molecule has 2 atom stereocenters. The molecule has 0 heterocycles. The molecule has 5 heteroatoms. The third-order valence-electron chi connectivity index (χ3n) is 5.16. The molecule has 1 spiro atoms. The molecule has 0 aliphatic heterocycles. The molecule has 2 aliphatic carbocycles. The van der Waals surface area contributed by atoms with Crippen LogP contribution >= 0.6 is 34.8 Å². The van der Waals surface area contributed by atoms with Gasteiger partial charge < -0.3 is 10.1 Å². The van der Waals surface area contributed by atoms with Crippen molar-refractivity contribution in [3.05, 3.63) is 27.2 Å². The van der Waals surface area contributed by atoms with Crippen LogP contribution in [-0.2, 0) is 0 Å². The topological polar surface area (TPSA) is 21.3 Å². The van der Waals surface area contributed by atoms with E-state index >= 15 is 0 Å². The highest BCUT2D eigenvalue weighted by atomic mass is 35.5. The fourth-order valence-corrected chi connectivity index (χ4v) is 4.53. The third kappa shape index (κ3) is 2.76. The molecule has 1 aromatic rings. The zero-order valence-corrected chi connectivity index (χ0v) is 14.4. The summed E-state index contributed by atoms with van der Waals surface area (Å²) in [5.41, 5.74) is 0.252. The molecule has 0 aromatic heterocycles. The first-order valence-corrected chi connectivity index (χ1v) is 8.68. The molecule has 21 heavy (non-hydrogen) atoms. The molecule has 0 amide bonds. The van der Waals surface area contributed by atoms with E-state index in [1.54, 1.807) is 12.1 Å². The second-order valence-corrected chi connectivity index (χ2v) is 7.40. The standard InChI is InChI=1S/C16H20Cl3NO/c1-20-14-9-15(16(14)5-3-2-4-6-16)21-13-8-11(18)10(17)7-12(13)19/h7-8,14-15,20H,2-6,9H2,1H3. The smallest absolute Gasteiger partial charge is 0.139 e. The van der Waals surface area contributed by atoms with Crippen LogP contribution in [0.1, 0.15) is 38.5 Å². The molecule has 2 nitrogen and oxygen atoms in total. The summed E-state index contributed by atoms with van der Waals surface area (Å²) in [6, 6.07) is 3.93. The molecule has 116 valence electrons. The Bertz CT molecular complexity index is 528. The molecule has 0 bridgehead atoms. The number of halogens is 3. The number of nitrogens with one attached hydrogen (secondary N) is 1. The third-order valence-corrected chi connectivity index (χ3v) is 6.18. The van der Waals surface area contributed by atoms with Gasteiger partial charge in [-0.05, 0) is 26.0 Å². The molecule has 1 aromatic carbocycles. The van der Waals surface area contributed by atoms with Gasteiger partial charge in [0.2, 0.25) is 0 Å². The summed E-state index contributed by atoms with van der Waals surface area (Å²) < 4.78 is 6.23. The number of hydrogen-bond donors (Lipinski definition) is 1. The van der Waals surface area contributed by atoms with Gasteiger partial charge in [-0.2, -0.15) is 0 Å². The van der Waals surface area contributed by atoms with Crippen molar-refractivity contribution in [2.45, 2.75) is 50.7 Å². The Morgan fingerprint density at radius 1 is 1.05 bits per heavy atom. The Morgan fingerprint density at radius 2 is 1.71 bits per heavy atom. The van der Waals surface area contributed by atoms with Gasteiger partial charge in [-0.3, -0.25) is 0 Å². The fourth-order valence-electron chi connectivity index (χ4n) is 3.95. The van der Waals surface area contributed by atoms with Crippen molar-refractivity contribution < 1.29 is 4.74 Å². The zero-order chi connectivity index (χ0) is 15.0. The minimum absolute atomic E-state index is 0.213. The Kier molecular flexibility index (Phi) is 4.61. The van der Waals surface area contributed by atoms with Crippen LogP contribution in [0.3, 0.4) is 0 Å². The van der Waals surface area contributed by atoms with Gasteiger partial charge in [0, 0.05) is 23.9 Å². The van der Waals surface area contributed by atoms with Crippen LogP contribution in [0, 0.1) is 5.41 Å². The van der Waals surface area contributed by atoms with Gasteiger partial charge >= 0.3 is 0 Å². The average Bonchev–Trinajstić information content (AvgIpc) is 2.48. The van der Waals surface area contributed by atoms with Crippen LogP contribution in [0.2, 0.25) is 15.1 Å². The van der Waals surface area contributed by atoms with E-state index in [1.165, 1.54) is 32.1 Å². The molecule has 2 saturated carbocycles. The molecule has 1 N–H and O–H groups in total. The van der Waals surface area contributed by atoms with Crippen molar-refractivity contribution in [2.24, 2.45) is 5.41 Å². The molecule has 3 rings (SSSR count). The van der Waals surface area contributed by atoms with Crippen molar-refractivity contribution in [3.63, 3.8) is 0 Å². The molecular weight excluding hydrogens is 329 g/mol. The monoisotopic (exact) mass is 347 g/mol. The highest BCUT2D eigenvalue weighted by molar-refractivity contribution is 6.43. The first kappa shape index (κ1) is 15.7. The van der Waals surface area contributed by atoms with Crippen LogP contribution in [0.25, 0.3) is 0 Å². The van der Waals surface area contributed by atoms with E-state index in [1.807, 2.05) is 7.05 Å². The van der Waals surface area contributed by atoms with Gasteiger partial charge in [0.05, 0.1) is 15.1 Å². The predicted molar refractivity (Wildman–Crippen MR) is 88.9 cm³/mol. The van der Waals surface area contributed by atoms with E-state index in [2.05, 4.69) is 5.32 Å². The second kappa shape index (κ2) is 6.16. The van der Waals surface area contributed by atoms with Crippen molar-refractivity contribution in [2.75, 3.05) is 7.05 Å². The van der Waals surface area contributed by atoms with Crippen molar-refractivity contribution in [1.82, 2.24) is 5.32 Å².